The number of nitrogens with one attached hydrogen (secondary N) is 1. The molecule has 2 heterocycles. The highest BCUT2D eigenvalue weighted by Crippen LogP contribution is 2.32. The number of aromatic nitrogens is 3. The molecule has 1 N–H and O–H groups in total. The van der Waals surface area contributed by atoms with E-state index in [9.17, 15) is 4.79 Å². The van der Waals surface area contributed by atoms with Crippen molar-refractivity contribution < 1.29 is 4.79 Å². The molecule has 0 saturated heterocycles. The lowest BCUT2D eigenvalue weighted by atomic mass is 10.2. The van der Waals surface area contributed by atoms with Crippen LogP contribution >= 0.6 is 34.5 Å². The van der Waals surface area contributed by atoms with Crippen molar-refractivity contribution in [2.75, 3.05) is 5.32 Å². The summed E-state index contributed by atoms with van der Waals surface area (Å²) in [5.74, 6) is -0.261. The summed E-state index contributed by atoms with van der Waals surface area (Å²) >= 11 is 13.4. The highest BCUT2D eigenvalue weighted by atomic mass is 35.5. The maximum absolute atomic E-state index is 12.1. The fourth-order valence-electron chi connectivity index (χ4n) is 1.91. The van der Waals surface area contributed by atoms with Gasteiger partial charge in [-0.25, -0.2) is 4.98 Å². The van der Waals surface area contributed by atoms with Gasteiger partial charge in [0.1, 0.15) is 5.69 Å². The number of carbonyl (C=O) groups excluding carboxylic acids is 1. The van der Waals surface area contributed by atoms with Crippen molar-refractivity contribution in [1.82, 2.24) is 14.8 Å². The average molecular weight is 353 g/mol. The van der Waals surface area contributed by atoms with Gasteiger partial charge in [-0.1, -0.05) is 23.2 Å². The van der Waals surface area contributed by atoms with Gasteiger partial charge in [-0.3, -0.25) is 14.8 Å². The predicted molar refractivity (Wildman–Crippen MR) is 88.7 cm³/mol. The topological polar surface area (TPSA) is 59.8 Å². The smallest absolute Gasteiger partial charge is 0.275 e. The van der Waals surface area contributed by atoms with Gasteiger partial charge in [0.15, 0.2) is 5.13 Å². The molecule has 0 spiro atoms. The van der Waals surface area contributed by atoms with Gasteiger partial charge in [0, 0.05) is 29.2 Å². The Balaban J connectivity index is 1.82. The summed E-state index contributed by atoms with van der Waals surface area (Å²) in [5, 5.41) is 10.1. The number of hydrogen-bond donors (Lipinski definition) is 1. The third-order valence-corrected chi connectivity index (χ3v) is 4.29. The molecule has 0 unspecified atom stereocenters. The van der Waals surface area contributed by atoms with Crippen LogP contribution in [0.5, 0.6) is 0 Å². The summed E-state index contributed by atoms with van der Waals surface area (Å²) in [7, 11) is 1.70. The normalized spacial score (nSPS) is 10.7. The zero-order valence-corrected chi connectivity index (χ0v) is 13.7. The number of nitrogens with zero attached hydrogens (tertiary/aromatic N) is 3. The first-order chi connectivity index (χ1) is 10.5. The van der Waals surface area contributed by atoms with Crippen LogP contribution < -0.4 is 5.32 Å². The molecule has 0 radical (unpaired) electrons. The summed E-state index contributed by atoms with van der Waals surface area (Å²) < 4.78 is 1.50. The van der Waals surface area contributed by atoms with Crippen molar-refractivity contribution in [2.24, 2.45) is 7.05 Å². The van der Waals surface area contributed by atoms with E-state index in [0.717, 1.165) is 5.56 Å². The number of carbonyl (C=O) groups is 1. The van der Waals surface area contributed by atoms with Crippen LogP contribution in [0.15, 0.2) is 35.8 Å². The van der Waals surface area contributed by atoms with Gasteiger partial charge in [-0.15, -0.1) is 11.3 Å². The molecule has 3 rings (SSSR count). The molecule has 22 heavy (non-hydrogen) atoms. The van der Waals surface area contributed by atoms with Gasteiger partial charge in [-0.05, 0) is 24.3 Å². The van der Waals surface area contributed by atoms with Crippen molar-refractivity contribution in [3.8, 4) is 11.3 Å². The Morgan fingerprint density at radius 3 is 2.82 bits per heavy atom. The maximum atomic E-state index is 12.1. The molecule has 0 aliphatic rings. The largest absolute Gasteiger partial charge is 0.296 e. The quantitative estimate of drug-likeness (QED) is 0.771. The van der Waals surface area contributed by atoms with Gasteiger partial charge in [0.05, 0.1) is 10.7 Å². The standard InChI is InChI=1S/C14H10Cl2N4OS/c1-20-12(4-5-17-20)13(21)19-14-18-11(7-22-14)9-3-2-8(15)6-10(9)16/h2-7H,1H3,(H,18,19,21). The molecule has 0 bridgehead atoms. The van der Waals surface area contributed by atoms with Crippen molar-refractivity contribution in [3.63, 3.8) is 0 Å². The summed E-state index contributed by atoms with van der Waals surface area (Å²) in [6.07, 6.45) is 1.57. The lowest BCUT2D eigenvalue weighted by molar-refractivity contribution is 0.101. The van der Waals surface area contributed by atoms with Gasteiger partial charge in [-0.2, -0.15) is 5.10 Å². The first kappa shape index (κ1) is 15.0. The summed E-state index contributed by atoms with van der Waals surface area (Å²) in [5.41, 5.74) is 1.91. The van der Waals surface area contributed by atoms with Crippen LogP contribution in [-0.2, 0) is 7.05 Å². The molecule has 112 valence electrons. The minimum atomic E-state index is -0.261. The molecule has 3 aromatic rings. The third-order valence-electron chi connectivity index (χ3n) is 2.99. The molecular formula is C14H10Cl2N4OS. The van der Waals surface area contributed by atoms with Crippen LogP contribution in [0, 0.1) is 0 Å². The third kappa shape index (κ3) is 2.99. The van der Waals surface area contributed by atoms with Crippen molar-refractivity contribution in [2.45, 2.75) is 0 Å². The second kappa shape index (κ2) is 6.08. The van der Waals surface area contributed by atoms with Gasteiger partial charge in [0.25, 0.3) is 5.91 Å². The Labute approximate surface area is 140 Å². The Hall–Kier alpha value is -1.89. The van der Waals surface area contributed by atoms with Crippen molar-refractivity contribution >= 4 is 45.6 Å². The van der Waals surface area contributed by atoms with Crippen LogP contribution in [0.1, 0.15) is 10.5 Å². The number of aryl methyl sites for hydroxylation is 1. The molecule has 0 aliphatic heterocycles. The molecule has 5 nitrogen and oxygen atoms in total. The van der Waals surface area contributed by atoms with E-state index in [2.05, 4.69) is 15.4 Å². The number of thiazole rings is 1. The first-order valence-corrected chi connectivity index (χ1v) is 7.88. The highest BCUT2D eigenvalue weighted by Gasteiger charge is 2.14. The van der Waals surface area contributed by atoms with Gasteiger partial charge >= 0.3 is 0 Å². The van der Waals surface area contributed by atoms with Crippen LogP contribution in [0.25, 0.3) is 11.3 Å². The molecular weight excluding hydrogens is 343 g/mol. The molecule has 1 amide bonds. The highest BCUT2D eigenvalue weighted by molar-refractivity contribution is 7.14. The molecule has 0 aliphatic carbocycles. The number of anilines is 1. The zero-order chi connectivity index (χ0) is 15.7. The number of amides is 1. The second-order valence-corrected chi connectivity index (χ2v) is 6.16. The summed E-state index contributed by atoms with van der Waals surface area (Å²) in [6, 6.07) is 6.84. The zero-order valence-electron chi connectivity index (χ0n) is 11.4. The van der Waals surface area contributed by atoms with E-state index in [1.165, 1.54) is 16.0 Å². The van der Waals surface area contributed by atoms with Gasteiger partial charge < -0.3 is 0 Å². The van der Waals surface area contributed by atoms with E-state index in [1.807, 2.05) is 5.38 Å². The second-order valence-electron chi connectivity index (χ2n) is 4.46. The Kier molecular flexibility index (Phi) is 4.15. The monoisotopic (exact) mass is 352 g/mol. The molecule has 0 saturated carbocycles. The van der Waals surface area contributed by atoms with E-state index in [4.69, 9.17) is 23.2 Å². The van der Waals surface area contributed by atoms with E-state index in [0.29, 0.717) is 26.6 Å². The number of benzene rings is 1. The molecule has 2 aromatic heterocycles. The van der Waals surface area contributed by atoms with Gasteiger partial charge in [0.2, 0.25) is 0 Å². The van der Waals surface area contributed by atoms with Crippen LogP contribution in [0.2, 0.25) is 10.0 Å². The Morgan fingerprint density at radius 2 is 2.14 bits per heavy atom. The minimum absolute atomic E-state index is 0.261. The van der Waals surface area contributed by atoms with Crippen LogP contribution in [-0.4, -0.2) is 20.7 Å². The van der Waals surface area contributed by atoms with E-state index in [-0.39, 0.29) is 5.91 Å². The SMILES string of the molecule is Cn1nccc1C(=O)Nc1nc(-c2ccc(Cl)cc2Cl)cs1. The number of rotatable bonds is 3. The van der Waals surface area contributed by atoms with Crippen LogP contribution in [0.4, 0.5) is 5.13 Å². The van der Waals surface area contributed by atoms with Crippen molar-refractivity contribution in [3.05, 3.63) is 51.6 Å². The Morgan fingerprint density at radius 1 is 1.32 bits per heavy atom. The van der Waals surface area contributed by atoms with Crippen molar-refractivity contribution in [1.29, 1.82) is 0 Å². The molecule has 0 atom stereocenters. The lowest BCUT2D eigenvalue weighted by Gasteiger charge is -2.02. The van der Waals surface area contributed by atoms with E-state index >= 15 is 0 Å². The first-order valence-electron chi connectivity index (χ1n) is 6.25. The summed E-state index contributed by atoms with van der Waals surface area (Å²) in [6.45, 7) is 0. The number of halogens is 2. The Bertz CT molecular complexity index is 843. The minimum Gasteiger partial charge on any atom is -0.296 e. The molecule has 1 aromatic carbocycles. The summed E-state index contributed by atoms with van der Waals surface area (Å²) in [4.78, 5) is 16.5. The average Bonchev–Trinajstić information content (AvgIpc) is 3.08. The lowest BCUT2D eigenvalue weighted by Crippen LogP contribution is -2.15. The predicted octanol–water partition coefficient (Wildman–Crippen LogP) is 4.10. The van der Waals surface area contributed by atoms with E-state index in [1.54, 1.807) is 37.5 Å². The van der Waals surface area contributed by atoms with E-state index < -0.39 is 0 Å². The molecule has 8 heteroatoms. The fraction of sp³-hybridized carbons (Fsp3) is 0.0714. The number of hydrogen-bond acceptors (Lipinski definition) is 4. The molecule has 0 fully saturated rings. The fourth-order valence-corrected chi connectivity index (χ4v) is 3.12. The maximum Gasteiger partial charge on any atom is 0.275 e. The van der Waals surface area contributed by atoms with Crippen LogP contribution in [0.3, 0.4) is 0 Å².